The molecule has 0 aliphatic rings. The van der Waals surface area contributed by atoms with E-state index in [1.165, 1.54) is 10.9 Å². The van der Waals surface area contributed by atoms with Crippen molar-refractivity contribution < 1.29 is 4.74 Å². The lowest BCUT2D eigenvalue weighted by atomic mass is 10.1. The molecule has 0 N–H and O–H groups in total. The number of fused-ring (bicyclic) bond motifs is 1. The summed E-state index contributed by atoms with van der Waals surface area (Å²) in [4.78, 5) is 8.82. The van der Waals surface area contributed by atoms with Gasteiger partial charge in [-0.05, 0) is 36.3 Å². The van der Waals surface area contributed by atoms with Crippen molar-refractivity contribution in [2.75, 3.05) is 24.9 Å². The largest absolute Gasteiger partial charge is 0.376 e. The second-order valence-corrected chi connectivity index (χ2v) is 6.74. The molecule has 3 aromatic rings. The minimum atomic E-state index is 0.641. The Kier molecular flexibility index (Phi) is 5.59. The van der Waals surface area contributed by atoms with E-state index in [4.69, 9.17) is 4.74 Å². The molecule has 0 aliphatic carbocycles. The summed E-state index contributed by atoms with van der Waals surface area (Å²) >= 11 is 3.35. The van der Waals surface area contributed by atoms with Crippen LogP contribution in [0.5, 0.6) is 0 Å². The highest BCUT2D eigenvalue weighted by Crippen LogP contribution is 2.24. The zero-order valence-electron chi connectivity index (χ0n) is 13.2. The Hall–Kier alpha value is -1.50. The number of aromatic nitrogens is 3. The molecule has 0 fully saturated rings. The van der Waals surface area contributed by atoms with Gasteiger partial charge < -0.3 is 9.30 Å². The molecule has 1 aromatic carbocycles. The van der Waals surface area contributed by atoms with E-state index < -0.39 is 0 Å². The maximum absolute atomic E-state index is 5.76. The van der Waals surface area contributed by atoms with Crippen LogP contribution in [0.1, 0.15) is 5.56 Å². The van der Waals surface area contributed by atoms with Crippen molar-refractivity contribution in [3.05, 3.63) is 48.3 Å². The molecular formula is C17H19N3OS2. The summed E-state index contributed by atoms with van der Waals surface area (Å²) in [6, 6.07) is 10.4. The standard InChI is InChI=1S/C17H19N3OS2/c1-22-11-10-21-12-13-4-3-5-15-14(13)7-9-20(15)16-6-8-18-17(19-16)23-2/h3-9H,10-12H2,1-2H3. The molecule has 0 saturated heterocycles. The zero-order valence-corrected chi connectivity index (χ0v) is 14.9. The third kappa shape index (κ3) is 3.71. The molecule has 0 bridgehead atoms. The van der Waals surface area contributed by atoms with E-state index in [0.29, 0.717) is 6.61 Å². The molecular weight excluding hydrogens is 326 g/mol. The zero-order chi connectivity index (χ0) is 16.1. The predicted molar refractivity (Wildman–Crippen MR) is 98.7 cm³/mol. The van der Waals surface area contributed by atoms with Crippen LogP contribution in [0.2, 0.25) is 0 Å². The minimum absolute atomic E-state index is 0.641. The topological polar surface area (TPSA) is 39.9 Å². The fourth-order valence-corrected chi connectivity index (χ4v) is 3.08. The van der Waals surface area contributed by atoms with Crippen LogP contribution in [0.3, 0.4) is 0 Å². The first-order valence-electron chi connectivity index (χ1n) is 7.36. The SMILES string of the molecule is CSCCOCc1cccc2c1ccn2-c1ccnc(SC)n1. The van der Waals surface area contributed by atoms with E-state index in [1.54, 1.807) is 29.7 Å². The summed E-state index contributed by atoms with van der Waals surface area (Å²) < 4.78 is 7.86. The van der Waals surface area contributed by atoms with Crippen LogP contribution in [0.15, 0.2) is 47.9 Å². The highest BCUT2D eigenvalue weighted by atomic mass is 32.2. The number of benzene rings is 1. The Bertz CT molecular complexity index is 788. The van der Waals surface area contributed by atoms with Gasteiger partial charge in [0.15, 0.2) is 5.16 Å². The number of thioether (sulfide) groups is 2. The van der Waals surface area contributed by atoms with Gasteiger partial charge >= 0.3 is 0 Å². The molecule has 2 aromatic heterocycles. The molecule has 3 rings (SSSR count). The summed E-state index contributed by atoms with van der Waals surface area (Å²) in [6.45, 7) is 1.42. The second kappa shape index (κ2) is 7.86. The second-order valence-electron chi connectivity index (χ2n) is 4.98. The first-order chi connectivity index (χ1) is 11.3. The first kappa shape index (κ1) is 16.4. The van der Waals surface area contributed by atoms with Gasteiger partial charge in [-0.2, -0.15) is 11.8 Å². The molecule has 0 aliphatic heterocycles. The maximum Gasteiger partial charge on any atom is 0.189 e. The molecule has 120 valence electrons. The summed E-state index contributed by atoms with van der Waals surface area (Å²) in [7, 11) is 0. The van der Waals surface area contributed by atoms with Gasteiger partial charge in [0.2, 0.25) is 0 Å². The highest BCUT2D eigenvalue weighted by Gasteiger charge is 2.08. The van der Waals surface area contributed by atoms with Gasteiger partial charge in [0.25, 0.3) is 0 Å². The van der Waals surface area contributed by atoms with Crippen LogP contribution < -0.4 is 0 Å². The van der Waals surface area contributed by atoms with Crippen molar-refractivity contribution in [3.63, 3.8) is 0 Å². The summed E-state index contributed by atoms with van der Waals surface area (Å²) in [5, 5.41) is 1.99. The Morgan fingerprint density at radius 2 is 2.09 bits per heavy atom. The van der Waals surface area contributed by atoms with Crippen molar-refractivity contribution in [1.29, 1.82) is 0 Å². The molecule has 0 amide bonds. The smallest absolute Gasteiger partial charge is 0.189 e. The Morgan fingerprint density at radius 1 is 1.17 bits per heavy atom. The maximum atomic E-state index is 5.76. The van der Waals surface area contributed by atoms with Crippen LogP contribution in [0.4, 0.5) is 0 Å². The summed E-state index contributed by atoms with van der Waals surface area (Å²) in [5.41, 5.74) is 2.35. The van der Waals surface area contributed by atoms with Crippen molar-refractivity contribution in [1.82, 2.24) is 14.5 Å². The van der Waals surface area contributed by atoms with E-state index in [-0.39, 0.29) is 0 Å². The number of hydrogen-bond donors (Lipinski definition) is 0. The molecule has 0 spiro atoms. The molecule has 2 heterocycles. The van der Waals surface area contributed by atoms with E-state index in [2.05, 4.69) is 51.3 Å². The van der Waals surface area contributed by atoms with Crippen LogP contribution in [-0.2, 0) is 11.3 Å². The van der Waals surface area contributed by atoms with E-state index >= 15 is 0 Å². The molecule has 4 nitrogen and oxygen atoms in total. The highest BCUT2D eigenvalue weighted by molar-refractivity contribution is 7.98. The molecule has 0 radical (unpaired) electrons. The number of rotatable bonds is 7. The third-order valence-electron chi connectivity index (χ3n) is 3.56. The van der Waals surface area contributed by atoms with Gasteiger partial charge in [0.1, 0.15) is 5.82 Å². The minimum Gasteiger partial charge on any atom is -0.376 e. The number of nitrogens with zero attached hydrogens (tertiary/aromatic N) is 3. The van der Waals surface area contributed by atoms with E-state index in [1.807, 2.05) is 12.3 Å². The van der Waals surface area contributed by atoms with Crippen LogP contribution in [0.25, 0.3) is 16.7 Å². The fraction of sp³-hybridized carbons (Fsp3) is 0.294. The quantitative estimate of drug-likeness (QED) is 0.367. The van der Waals surface area contributed by atoms with Gasteiger partial charge in [-0.3, -0.25) is 0 Å². The lowest BCUT2D eigenvalue weighted by Gasteiger charge is -2.08. The average Bonchev–Trinajstić information content (AvgIpc) is 3.03. The predicted octanol–water partition coefficient (Wildman–Crippen LogP) is 4.02. The van der Waals surface area contributed by atoms with Crippen LogP contribution in [0, 0.1) is 0 Å². The molecule has 23 heavy (non-hydrogen) atoms. The van der Waals surface area contributed by atoms with Crippen molar-refractivity contribution >= 4 is 34.4 Å². The molecule has 0 atom stereocenters. The van der Waals surface area contributed by atoms with E-state index in [0.717, 1.165) is 28.9 Å². The number of hydrogen-bond acceptors (Lipinski definition) is 5. The first-order valence-corrected chi connectivity index (χ1v) is 9.98. The average molecular weight is 345 g/mol. The van der Waals surface area contributed by atoms with Crippen LogP contribution >= 0.6 is 23.5 Å². The summed E-state index contributed by atoms with van der Waals surface area (Å²) in [6.07, 6.45) is 7.93. The van der Waals surface area contributed by atoms with Gasteiger partial charge in [-0.1, -0.05) is 23.9 Å². The van der Waals surface area contributed by atoms with Gasteiger partial charge in [0.05, 0.1) is 18.7 Å². The van der Waals surface area contributed by atoms with Gasteiger partial charge in [-0.15, -0.1) is 0 Å². The third-order valence-corrected chi connectivity index (χ3v) is 4.70. The summed E-state index contributed by atoms with van der Waals surface area (Å²) in [5.74, 6) is 1.91. The normalized spacial score (nSPS) is 11.2. The molecule has 0 saturated carbocycles. The molecule has 6 heteroatoms. The fourth-order valence-electron chi connectivity index (χ4n) is 2.45. The lowest BCUT2D eigenvalue weighted by Crippen LogP contribution is -1.99. The monoisotopic (exact) mass is 345 g/mol. The van der Waals surface area contributed by atoms with Gasteiger partial charge in [0, 0.05) is 23.5 Å². The van der Waals surface area contributed by atoms with Crippen molar-refractivity contribution in [3.8, 4) is 5.82 Å². The van der Waals surface area contributed by atoms with E-state index in [9.17, 15) is 0 Å². The van der Waals surface area contributed by atoms with Gasteiger partial charge in [-0.25, -0.2) is 9.97 Å². The Morgan fingerprint density at radius 3 is 2.91 bits per heavy atom. The Balaban J connectivity index is 1.91. The van der Waals surface area contributed by atoms with Crippen LogP contribution in [-0.4, -0.2) is 39.4 Å². The van der Waals surface area contributed by atoms with Crippen molar-refractivity contribution in [2.24, 2.45) is 0 Å². The van der Waals surface area contributed by atoms with Crippen molar-refractivity contribution in [2.45, 2.75) is 11.8 Å². The Labute approximate surface area is 144 Å². The lowest BCUT2D eigenvalue weighted by molar-refractivity contribution is 0.137. The number of ether oxygens (including phenoxy) is 1. The molecule has 0 unspecified atom stereocenters.